The highest BCUT2D eigenvalue weighted by molar-refractivity contribution is 6.78. The SMILES string of the molecule is C=C(C[Si](C)(C)CC)c1ccccc1N. The Hall–Kier alpha value is -1.02. The first-order chi connectivity index (χ1) is 6.96. The second-order valence-electron chi connectivity index (χ2n) is 4.89. The molecule has 0 heterocycles. The lowest BCUT2D eigenvalue weighted by Crippen LogP contribution is -2.23. The Balaban J connectivity index is 2.83. The number of rotatable bonds is 4. The second kappa shape index (κ2) is 4.66. The number of benzene rings is 1. The lowest BCUT2D eigenvalue weighted by Gasteiger charge is -2.22. The van der Waals surface area contributed by atoms with Crippen LogP contribution in [0.15, 0.2) is 30.8 Å². The van der Waals surface area contributed by atoms with E-state index in [1.165, 1.54) is 11.6 Å². The molecule has 15 heavy (non-hydrogen) atoms. The molecule has 82 valence electrons. The predicted octanol–water partition coefficient (Wildman–Crippen LogP) is 4.01. The maximum Gasteiger partial charge on any atom is 0.0515 e. The molecule has 0 fully saturated rings. The Labute approximate surface area is 94.0 Å². The zero-order chi connectivity index (χ0) is 11.5. The Morgan fingerprint density at radius 3 is 2.47 bits per heavy atom. The van der Waals surface area contributed by atoms with Gasteiger partial charge in [-0.15, -0.1) is 0 Å². The molecular weight excluding hydrogens is 198 g/mol. The lowest BCUT2D eigenvalue weighted by atomic mass is 10.1. The highest BCUT2D eigenvalue weighted by Crippen LogP contribution is 2.29. The summed E-state index contributed by atoms with van der Waals surface area (Å²) in [6.45, 7) is 11.2. The molecule has 1 nitrogen and oxygen atoms in total. The first-order valence-corrected chi connectivity index (χ1v) is 8.90. The third-order valence-electron chi connectivity index (χ3n) is 2.99. The topological polar surface area (TPSA) is 26.0 Å². The third kappa shape index (κ3) is 3.24. The van der Waals surface area contributed by atoms with Gasteiger partial charge in [0.2, 0.25) is 0 Å². The number of hydrogen-bond donors (Lipinski definition) is 1. The minimum Gasteiger partial charge on any atom is -0.398 e. The van der Waals surface area contributed by atoms with Gasteiger partial charge in [0.1, 0.15) is 0 Å². The van der Waals surface area contributed by atoms with E-state index in [-0.39, 0.29) is 0 Å². The second-order valence-corrected chi connectivity index (χ2v) is 10.3. The van der Waals surface area contributed by atoms with Crippen LogP contribution in [0.4, 0.5) is 5.69 Å². The largest absolute Gasteiger partial charge is 0.398 e. The van der Waals surface area contributed by atoms with Crippen LogP contribution in [0.25, 0.3) is 5.57 Å². The highest BCUT2D eigenvalue weighted by Gasteiger charge is 2.20. The lowest BCUT2D eigenvalue weighted by molar-refractivity contribution is 1.32. The smallest absolute Gasteiger partial charge is 0.0515 e. The van der Waals surface area contributed by atoms with Gasteiger partial charge >= 0.3 is 0 Å². The van der Waals surface area contributed by atoms with Crippen molar-refractivity contribution < 1.29 is 0 Å². The van der Waals surface area contributed by atoms with Crippen LogP contribution in [0.5, 0.6) is 0 Å². The van der Waals surface area contributed by atoms with Crippen molar-refractivity contribution in [1.29, 1.82) is 0 Å². The van der Waals surface area contributed by atoms with Crippen molar-refractivity contribution in [2.75, 3.05) is 5.73 Å². The van der Waals surface area contributed by atoms with Crippen LogP contribution in [0, 0.1) is 0 Å². The first kappa shape index (κ1) is 12.0. The minimum absolute atomic E-state index is 0.850. The summed E-state index contributed by atoms with van der Waals surface area (Å²) in [5.74, 6) is 0. The molecule has 0 saturated carbocycles. The van der Waals surface area contributed by atoms with Crippen molar-refractivity contribution in [1.82, 2.24) is 0 Å². The van der Waals surface area contributed by atoms with E-state index in [0.29, 0.717) is 0 Å². The molecule has 0 aliphatic carbocycles. The summed E-state index contributed by atoms with van der Waals surface area (Å²) < 4.78 is 0. The van der Waals surface area contributed by atoms with Crippen LogP contribution in [0.1, 0.15) is 12.5 Å². The van der Waals surface area contributed by atoms with E-state index < -0.39 is 8.07 Å². The van der Waals surface area contributed by atoms with Gasteiger partial charge in [-0.05, 0) is 23.2 Å². The fourth-order valence-electron chi connectivity index (χ4n) is 1.62. The average Bonchev–Trinajstić information content (AvgIpc) is 2.17. The van der Waals surface area contributed by atoms with Gasteiger partial charge in [0.25, 0.3) is 0 Å². The van der Waals surface area contributed by atoms with Crippen LogP contribution in [0.2, 0.25) is 25.2 Å². The van der Waals surface area contributed by atoms with E-state index >= 15 is 0 Å². The van der Waals surface area contributed by atoms with E-state index in [4.69, 9.17) is 5.73 Å². The molecule has 0 spiro atoms. The van der Waals surface area contributed by atoms with Gasteiger partial charge in [-0.2, -0.15) is 0 Å². The summed E-state index contributed by atoms with van der Waals surface area (Å²) >= 11 is 0. The van der Waals surface area contributed by atoms with E-state index in [9.17, 15) is 0 Å². The normalized spacial score (nSPS) is 11.4. The maximum atomic E-state index is 5.94. The molecule has 2 N–H and O–H groups in total. The maximum absolute atomic E-state index is 5.94. The third-order valence-corrected chi connectivity index (χ3v) is 6.29. The van der Waals surface area contributed by atoms with Crippen LogP contribution in [0.3, 0.4) is 0 Å². The molecule has 0 saturated heterocycles. The van der Waals surface area contributed by atoms with Gasteiger partial charge in [-0.25, -0.2) is 0 Å². The van der Waals surface area contributed by atoms with Crippen molar-refractivity contribution in [2.24, 2.45) is 0 Å². The Morgan fingerprint density at radius 2 is 1.93 bits per heavy atom. The highest BCUT2D eigenvalue weighted by atomic mass is 28.3. The number of allylic oxidation sites excluding steroid dienone is 1. The van der Waals surface area contributed by atoms with Gasteiger partial charge < -0.3 is 5.73 Å². The van der Waals surface area contributed by atoms with E-state index in [1.54, 1.807) is 0 Å². The zero-order valence-corrected chi connectivity index (χ0v) is 11.0. The van der Waals surface area contributed by atoms with Gasteiger partial charge in [-0.1, -0.05) is 50.8 Å². The van der Waals surface area contributed by atoms with Gasteiger partial charge in [0.15, 0.2) is 0 Å². The van der Waals surface area contributed by atoms with Gasteiger partial charge in [0.05, 0.1) is 8.07 Å². The number of nitrogens with two attached hydrogens (primary N) is 1. The van der Waals surface area contributed by atoms with Gasteiger partial charge in [0, 0.05) is 5.69 Å². The average molecular weight is 219 g/mol. The van der Waals surface area contributed by atoms with Crippen LogP contribution in [-0.4, -0.2) is 8.07 Å². The molecule has 0 radical (unpaired) electrons. The minimum atomic E-state index is -1.10. The van der Waals surface area contributed by atoms with E-state index in [2.05, 4.69) is 32.7 Å². The molecule has 2 heteroatoms. The quantitative estimate of drug-likeness (QED) is 0.601. The number of para-hydroxylation sites is 1. The zero-order valence-electron chi connectivity index (χ0n) is 10.0. The summed E-state index contributed by atoms with van der Waals surface area (Å²) in [6, 6.07) is 10.4. The number of anilines is 1. The van der Waals surface area contributed by atoms with Gasteiger partial charge in [-0.3, -0.25) is 0 Å². The molecule has 0 bridgehead atoms. The standard InChI is InChI=1S/C13H21NSi/c1-5-15(3,4)10-11(2)12-8-6-7-9-13(12)14/h6-9H,2,5,10,14H2,1,3-4H3. The molecule has 0 aromatic heterocycles. The van der Waals surface area contributed by atoms with Crippen molar-refractivity contribution >= 4 is 19.3 Å². The van der Waals surface area contributed by atoms with E-state index in [1.807, 2.05) is 18.2 Å². The molecule has 0 amide bonds. The molecule has 1 aromatic carbocycles. The summed E-state index contributed by atoms with van der Waals surface area (Å²) in [5, 5.41) is 0. The molecule has 0 aliphatic rings. The summed E-state index contributed by atoms with van der Waals surface area (Å²) in [4.78, 5) is 0. The van der Waals surface area contributed by atoms with Crippen molar-refractivity contribution in [3.8, 4) is 0 Å². The van der Waals surface area contributed by atoms with Crippen LogP contribution < -0.4 is 5.73 Å². The van der Waals surface area contributed by atoms with Crippen LogP contribution in [-0.2, 0) is 0 Å². The molecule has 0 unspecified atom stereocenters. The summed E-state index contributed by atoms with van der Waals surface area (Å²) in [5.41, 5.74) is 9.12. The summed E-state index contributed by atoms with van der Waals surface area (Å²) in [7, 11) is -1.10. The van der Waals surface area contributed by atoms with Crippen molar-refractivity contribution in [3.05, 3.63) is 36.4 Å². The molecular formula is C13H21NSi. The predicted molar refractivity (Wildman–Crippen MR) is 72.7 cm³/mol. The Morgan fingerprint density at radius 1 is 1.33 bits per heavy atom. The monoisotopic (exact) mass is 219 g/mol. The molecule has 0 aliphatic heterocycles. The Bertz CT molecular complexity index is 355. The van der Waals surface area contributed by atoms with Crippen molar-refractivity contribution in [2.45, 2.75) is 32.1 Å². The number of hydrogen-bond acceptors (Lipinski definition) is 1. The fourth-order valence-corrected chi connectivity index (χ4v) is 3.21. The van der Waals surface area contributed by atoms with Crippen molar-refractivity contribution in [3.63, 3.8) is 0 Å². The molecule has 1 aromatic rings. The first-order valence-electron chi connectivity index (χ1n) is 5.49. The summed E-state index contributed by atoms with van der Waals surface area (Å²) in [6.07, 6.45) is 0. The molecule has 1 rings (SSSR count). The fraction of sp³-hybridized carbons (Fsp3) is 0.385. The number of nitrogen functional groups attached to an aromatic ring is 1. The van der Waals surface area contributed by atoms with Crippen LogP contribution >= 0.6 is 0 Å². The Kier molecular flexibility index (Phi) is 3.75. The molecule has 0 atom stereocenters. The van der Waals surface area contributed by atoms with E-state index in [0.717, 1.165) is 17.3 Å².